The summed E-state index contributed by atoms with van der Waals surface area (Å²) in [5.41, 5.74) is 8.49. The smallest absolute Gasteiger partial charge is 0.0772 e. The van der Waals surface area contributed by atoms with Gasteiger partial charge >= 0.3 is 0 Å². The molecule has 0 unspecified atom stereocenters. The first-order valence-electron chi connectivity index (χ1n) is 12.9. The van der Waals surface area contributed by atoms with Gasteiger partial charge < -0.3 is 15.9 Å². The van der Waals surface area contributed by atoms with Crippen molar-refractivity contribution in [2.45, 2.75) is 117 Å². The Bertz CT molecular complexity index is 674. The van der Waals surface area contributed by atoms with Gasteiger partial charge in [0.05, 0.1) is 12.2 Å². The van der Waals surface area contributed by atoms with Gasteiger partial charge in [0.25, 0.3) is 0 Å². The molecule has 3 fully saturated rings. The Morgan fingerprint density at radius 3 is 2.47 bits per heavy atom. The molecule has 4 N–H and O–H groups in total. The molecule has 3 saturated carbocycles. The summed E-state index contributed by atoms with van der Waals surface area (Å²) < 4.78 is 0. The standard InChI is InChI=1S/C27H47NO2/c1-17(2)7-6-8-18(3)21-9-10-22-24-23(30)16-19-15-20(29)11-12-26(19,5)27(24,28)14-13-25(21,22)4/h16-18,20-24,29-30H,6-15,28H2,1-5H3/t18-,20+,21-,22+,23-,24-,25-,26+,27-/m1/s1. The average Bonchev–Trinajstić information content (AvgIpc) is 3.00. The van der Waals surface area contributed by atoms with Gasteiger partial charge in [-0.3, -0.25) is 0 Å². The predicted molar refractivity (Wildman–Crippen MR) is 124 cm³/mol. The van der Waals surface area contributed by atoms with E-state index in [1.54, 1.807) is 0 Å². The number of aliphatic hydroxyl groups excluding tert-OH is 2. The Kier molecular flexibility index (Phi) is 5.99. The fraction of sp³-hybridized carbons (Fsp3) is 0.926. The van der Waals surface area contributed by atoms with E-state index in [0.29, 0.717) is 17.8 Å². The Labute approximate surface area is 184 Å². The third kappa shape index (κ3) is 3.33. The zero-order valence-corrected chi connectivity index (χ0v) is 20.2. The summed E-state index contributed by atoms with van der Waals surface area (Å²) in [5.74, 6) is 3.00. The fourth-order valence-corrected chi connectivity index (χ4v) is 8.72. The Morgan fingerprint density at radius 2 is 1.77 bits per heavy atom. The number of hydrogen-bond acceptors (Lipinski definition) is 3. The summed E-state index contributed by atoms with van der Waals surface area (Å²) in [6.07, 6.45) is 12.6. The first-order chi connectivity index (χ1) is 14.0. The van der Waals surface area contributed by atoms with Crippen molar-refractivity contribution in [2.24, 2.45) is 46.2 Å². The van der Waals surface area contributed by atoms with E-state index in [0.717, 1.165) is 37.0 Å². The van der Waals surface area contributed by atoms with E-state index in [1.807, 2.05) is 0 Å². The third-order valence-corrected chi connectivity index (χ3v) is 10.6. The molecule has 3 heteroatoms. The highest BCUT2D eigenvalue weighted by Crippen LogP contribution is 2.68. The molecule has 4 aliphatic rings. The fourth-order valence-electron chi connectivity index (χ4n) is 8.72. The van der Waals surface area contributed by atoms with Crippen LogP contribution in [-0.2, 0) is 0 Å². The highest BCUT2D eigenvalue weighted by molar-refractivity contribution is 5.34. The minimum Gasteiger partial charge on any atom is -0.393 e. The van der Waals surface area contributed by atoms with Gasteiger partial charge in [-0.25, -0.2) is 0 Å². The second kappa shape index (κ2) is 7.89. The lowest BCUT2D eigenvalue weighted by molar-refractivity contribution is -0.113. The number of fused-ring (bicyclic) bond motifs is 5. The molecular weight excluding hydrogens is 370 g/mol. The van der Waals surface area contributed by atoms with E-state index in [1.165, 1.54) is 44.1 Å². The quantitative estimate of drug-likeness (QED) is 0.522. The molecule has 0 radical (unpaired) electrons. The molecule has 9 atom stereocenters. The summed E-state index contributed by atoms with van der Waals surface area (Å²) in [4.78, 5) is 0. The predicted octanol–water partition coefficient (Wildman–Crippen LogP) is 5.44. The van der Waals surface area contributed by atoms with Crippen LogP contribution in [0.15, 0.2) is 11.6 Å². The lowest BCUT2D eigenvalue weighted by Gasteiger charge is -2.65. The average molecular weight is 418 g/mol. The van der Waals surface area contributed by atoms with E-state index in [-0.39, 0.29) is 23.0 Å². The molecule has 0 aromatic carbocycles. The molecule has 4 aliphatic carbocycles. The minimum absolute atomic E-state index is 0.0710. The van der Waals surface area contributed by atoms with E-state index >= 15 is 0 Å². The molecule has 3 nitrogen and oxygen atoms in total. The summed E-state index contributed by atoms with van der Waals surface area (Å²) >= 11 is 0. The Hall–Kier alpha value is -0.380. The van der Waals surface area contributed by atoms with Gasteiger partial charge in [0, 0.05) is 16.9 Å². The molecule has 0 saturated heterocycles. The molecule has 0 amide bonds. The van der Waals surface area contributed by atoms with Gasteiger partial charge in [-0.15, -0.1) is 0 Å². The second-order valence-electron chi connectivity index (χ2n) is 12.6. The topological polar surface area (TPSA) is 66.5 Å². The Morgan fingerprint density at radius 1 is 1.03 bits per heavy atom. The van der Waals surface area contributed by atoms with Crippen molar-refractivity contribution in [1.29, 1.82) is 0 Å². The molecule has 30 heavy (non-hydrogen) atoms. The molecule has 0 spiro atoms. The number of hydrogen-bond donors (Lipinski definition) is 3. The van der Waals surface area contributed by atoms with Crippen LogP contribution in [0.3, 0.4) is 0 Å². The maximum atomic E-state index is 11.4. The van der Waals surface area contributed by atoms with Gasteiger partial charge in [-0.05, 0) is 74.0 Å². The van der Waals surface area contributed by atoms with Gasteiger partial charge in [0.15, 0.2) is 0 Å². The normalized spacial score (nSPS) is 49.2. The second-order valence-corrected chi connectivity index (χ2v) is 12.6. The van der Waals surface area contributed by atoms with Crippen LogP contribution in [0.2, 0.25) is 0 Å². The monoisotopic (exact) mass is 417 g/mol. The van der Waals surface area contributed by atoms with Crippen LogP contribution in [0.25, 0.3) is 0 Å². The van der Waals surface area contributed by atoms with Crippen molar-refractivity contribution in [2.75, 3.05) is 0 Å². The van der Waals surface area contributed by atoms with Crippen LogP contribution in [0.4, 0.5) is 0 Å². The zero-order chi connectivity index (χ0) is 21.9. The lowest BCUT2D eigenvalue weighted by Crippen LogP contribution is -2.70. The lowest BCUT2D eigenvalue weighted by atomic mass is 9.43. The van der Waals surface area contributed by atoms with E-state index < -0.39 is 6.10 Å². The van der Waals surface area contributed by atoms with Crippen molar-refractivity contribution in [3.63, 3.8) is 0 Å². The van der Waals surface area contributed by atoms with Gasteiger partial charge in [0.2, 0.25) is 0 Å². The van der Waals surface area contributed by atoms with Crippen LogP contribution in [0.1, 0.15) is 98.8 Å². The molecule has 0 bridgehead atoms. The molecular formula is C27H47NO2. The van der Waals surface area contributed by atoms with Crippen LogP contribution in [0, 0.1) is 40.4 Å². The van der Waals surface area contributed by atoms with E-state index in [9.17, 15) is 10.2 Å². The van der Waals surface area contributed by atoms with Crippen LogP contribution in [0.5, 0.6) is 0 Å². The first-order valence-corrected chi connectivity index (χ1v) is 12.9. The molecule has 0 heterocycles. The van der Waals surface area contributed by atoms with Crippen molar-refractivity contribution >= 4 is 0 Å². The first kappa shape index (κ1) is 22.8. The van der Waals surface area contributed by atoms with Gasteiger partial charge in [-0.1, -0.05) is 65.5 Å². The molecule has 172 valence electrons. The summed E-state index contributed by atoms with van der Waals surface area (Å²) in [6, 6.07) is 0. The largest absolute Gasteiger partial charge is 0.393 e. The third-order valence-electron chi connectivity index (χ3n) is 10.6. The summed E-state index contributed by atoms with van der Waals surface area (Å²) in [7, 11) is 0. The van der Waals surface area contributed by atoms with Crippen LogP contribution in [-0.4, -0.2) is 28.0 Å². The summed E-state index contributed by atoms with van der Waals surface area (Å²) in [6.45, 7) is 12.0. The summed E-state index contributed by atoms with van der Waals surface area (Å²) in [5, 5.41) is 21.6. The molecule has 0 aromatic rings. The highest BCUT2D eigenvalue weighted by Gasteiger charge is 2.66. The SMILES string of the molecule is CC(C)CCC[C@@H](C)[C@H]1CC[C@H]2[C@@H]3[C@H](O)C=C4C[C@@H](O)CC[C@]4(C)[C@@]3(N)CC[C@]12C. The molecule has 0 aromatic heterocycles. The molecule has 4 rings (SSSR count). The van der Waals surface area contributed by atoms with Gasteiger partial charge in [0.1, 0.15) is 0 Å². The minimum atomic E-state index is -0.456. The number of nitrogens with two attached hydrogens (primary N) is 1. The highest BCUT2D eigenvalue weighted by atomic mass is 16.3. The van der Waals surface area contributed by atoms with Gasteiger partial charge in [-0.2, -0.15) is 0 Å². The zero-order valence-electron chi connectivity index (χ0n) is 20.2. The van der Waals surface area contributed by atoms with Crippen molar-refractivity contribution < 1.29 is 10.2 Å². The maximum Gasteiger partial charge on any atom is 0.0772 e. The number of aliphatic hydroxyl groups is 2. The van der Waals surface area contributed by atoms with Crippen molar-refractivity contribution in [1.82, 2.24) is 0 Å². The van der Waals surface area contributed by atoms with E-state index in [4.69, 9.17) is 5.73 Å². The maximum absolute atomic E-state index is 11.4. The van der Waals surface area contributed by atoms with Crippen LogP contribution < -0.4 is 5.73 Å². The van der Waals surface area contributed by atoms with Crippen molar-refractivity contribution in [3.8, 4) is 0 Å². The van der Waals surface area contributed by atoms with E-state index in [2.05, 4.69) is 40.7 Å². The Balaban J connectivity index is 1.59. The van der Waals surface area contributed by atoms with Crippen molar-refractivity contribution in [3.05, 3.63) is 11.6 Å². The number of rotatable bonds is 5. The molecule has 0 aliphatic heterocycles. The van der Waals surface area contributed by atoms with Crippen LogP contribution >= 0.6 is 0 Å².